The normalized spacial score (nSPS) is 14.4. The van der Waals surface area contributed by atoms with Crippen molar-refractivity contribution in [1.29, 1.82) is 0 Å². The summed E-state index contributed by atoms with van der Waals surface area (Å²) in [7, 11) is 0. The van der Waals surface area contributed by atoms with E-state index in [-0.39, 0.29) is 11.3 Å². The first kappa shape index (κ1) is 21.5. The highest BCUT2D eigenvalue weighted by Gasteiger charge is 2.31. The van der Waals surface area contributed by atoms with Crippen molar-refractivity contribution >= 4 is 17.3 Å². The van der Waals surface area contributed by atoms with Crippen LogP contribution in [-0.4, -0.2) is 20.7 Å². The number of fused-ring (bicyclic) bond motifs is 1. The Hall–Kier alpha value is -4.30. The summed E-state index contributed by atoms with van der Waals surface area (Å²) in [6.07, 6.45) is 2.33. The van der Waals surface area contributed by atoms with Gasteiger partial charge in [0.1, 0.15) is 16.9 Å². The summed E-state index contributed by atoms with van der Waals surface area (Å²) in [5, 5.41) is 7.58. The second-order valence-corrected chi connectivity index (χ2v) is 7.70. The Morgan fingerprint density at radius 1 is 1.12 bits per heavy atom. The van der Waals surface area contributed by atoms with Crippen LogP contribution in [-0.2, 0) is 22.6 Å². The predicted molar refractivity (Wildman–Crippen MR) is 127 cm³/mol. The van der Waals surface area contributed by atoms with Crippen LogP contribution in [0.4, 0.5) is 11.4 Å². The number of hydrogen-bond acceptors (Lipinski definition) is 7. The summed E-state index contributed by atoms with van der Waals surface area (Å²) in [6, 6.07) is 20.3. The van der Waals surface area contributed by atoms with Gasteiger partial charge in [0.2, 0.25) is 6.29 Å². The highest BCUT2D eigenvalue weighted by atomic mass is 16.7. The van der Waals surface area contributed by atoms with Crippen molar-refractivity contribution in [3.05, 3.63) is 106 Å². The van der Waals surface area contributed by atoms with Crippen molar-refractivity contribution in [2.24, 2.45) is 0 Å². The molecule has 0 saturated carbocycles. The van der Waals surface area contributed by atoms with Gasteiger partial charge in [-0.1, -0.05) is 54.6 Å². The highest BCUT2D eigenvalue weighted by molar-refractivity contribution is 6.02. The number of nitrogens with zero attached hydrogens (tertiary/aromatic N) is 3. The fourth-order valence-electron chi connectivity index (χ4n) is 3.88. The van der Waals surface area contributed by atoms with Gasteiger partial charge in [0, 0.05) is 23.9 Å². The highest BCUT2D eigenvalue weighted by Crippen LogP contribution is 2.34. The van der Waals surface area contributed by atoms with Gasteiger partial charge in [-0.3, -0.25) is 9.78 Å². The zero-order valence-corrected chi connectivity index (χ0v) is 18.5. The van der Waals surface area contributed by atoms with Crippen LogP contribution in [0.5, 0.6) is 0 Å². The van der Waals surface area contributed by atoms with Gasteiger partial charge in [-0.2, -0.15) is 5.10 Å². The fraction of sp³-hybridized carbons (Fsp3) is 0.154. The third kappa shape index (κ3) is 4.06. The molecule has 8 heteroatoms. The van der Waals surface area contributed by atoms with Crippen molar-refractivity contribution in [2.75, 3.05) is 5.32 Å². The van der Waals surface area contributed by atoms with Crippen molar-refractivity contribution in [2.45, 2.75) is 26.4 Å². The van der Waals surface area contributed by atoms with E-state index in [4.69, 9.17) is 9.47 Å². The van der Waals surface area contributed by atoms with Gasteiger partial charge in [-0.25, -0.2) is 9.48 Å². The van der Waals surface area contributed by atoms with Crippen molar-refractivity contribution in [3.63, 3.8) is 0 Å². The number of carbonyl (C=O) groups excluding carboxylic acids is 1. The molecule has 0 spiro atoms. The number of rotatable bonds is 6. The minimum Gasteiger partial charge on any atom is -0.428 e. The lowest BCUT2D eigenvalue weighted by Gasteiger charge is -2.19. The molecule has 1 N–H and O–H groups in total. The molecular formula is C26H22N4O4. The standard InChI is InChI=1S/C26H22N4O4/c1-2-30-24(31)23(28-19-12-8-14-27-15-19)21(22(29-30)17-9-4-3-5-10-17)25(32)34-26-20-13-7-6-11-18(20)16-33-26/h3-15,26,28H,2,16H2,1H3. The first-order chi connectivity index (χ1) is 16.7. The largest absolute Gasteiger partial charge is 0.428 e. The van der Waals surface area contributed by atoms with Crippen LogP contribution < -0.4 is 10.9 Å². The van der Waals surface area contributed by atoms with Gasteiger partial charge < -0.3 is 14.8 Å². The second kappa shape index (κ2) is 9.29. The van der Waals surface area contributed by atoms with Crippen LogP contribution in [0, 0.1) is 0 Å². The molecule has 4 aromatic rings. The number of nitrogens with one attached hydrogen (secondary N) is 1. The summed E-state index contributed by atoms with van der Waals surface area (Å²) in [5.41, 5.74) is 2.99. The van der Waals surface area contributed by atoms with Crippen molar-refractivity contribution in [3.8, 4) is 11.3 Å². The van der Waals surface area contributed by atoms with E-state index >= 15 is 0 Å². The molecule has 0 amide bonds. The molecule has 5 rings (SSSR count). The van der Waals surface area contributed by atoms with E-state index in [9.17, 15) is 9.59 Å². The number of anilines is 2. The molecule has 2 aromatic heterocycles. The molecule has 1 aliphatic rings. The Kier molecular flexibility index (Phi) is 5.88. The number of pyridine rings is 1. The lowest BCUT2D eigenvalue weighted by molar-refractivity contribution is -0.104. The van der Waals surface area contributed by atoms with Gasteiger partial charge in [0.25, 0.3) is 5.56 Å². The smallest absolute Gasteiger partial charge is 0.345 e. The van der Waals surface area contributed by atoms with E-state index in [0.717, 1.165) is 11.1 Å². The Labute approximate surface area is 195 Å². The van der Waals surface area contributed by atoms with Crippen LogP contribution >= 0.6 is 0 Å². The summed E-state index contributed by atoms with van der Waals surface area (Å²) in [5.74, 6) is -0.709. The van der Waals surface area contributed by atoms with Gasteiger partial charge in [-0.15, -0.1) is 0 Å². The zero-order valence-electron chi connectivity index (χ0n) is 18.5. The quantitative estimate of drug-likeness (QED) is 0.430. The maximum atomic E-state index is 13.6. The molecule has 8 nitrogen and oxygen atoms in total. The minimum absolute atomic E-state index is 0.0396. The number of esters is 1. The Morgan fingerprint density at radius 2 is 1.91 bits per heavy atom. The molecular weight excluding hydrogens is 432 g/mol. The maximum absolute atomic E-state index is 13.6. The minimum atomic E-state index is -0.868. The Morgan fingerprint density at radius 3 is 2.68 bits per heavy atom. The van der Waals surface area contributed by atoms with E-state index < -0.39 is 17.8 Å². The monoisotopic (exact) mass is 454 g/mol. The predicted octanol–water partition coefficient (Wildman–Crippen LogP) is 4.45. The van der Waals surface area contributed by atoms with Crippen LogP contribution in [0.15, 0.2) is 83.9 Å². The first-order valence-electron chi connectivity index (χ1n) is 10.9. The molecule has 0 fully saturated rings. The SMILES string of the molecule is CCn1nc(-c2ccccc2)c(C(=O)OC2OCc3ccccc32)c(Nc2cccnc2)c1=O. The summed E-state index contributed by atoms with van der Waals surface area (Å²) < 4.78 is 12.8. The lowest BCUT2D eigenvalue weighted by Crippen LogP contribution is -2.29. The molecule has 170 valence electrons. The second-order valence-electron chi connectivity index (χ2n) is 7.70. The van der Waals surface area contributed by atoms with Crippen LogP contribution in [0.2, 0.25) is 0 Å². The van der Waals surface area contributed by atoms with E-state index in [1.54, 1.807) is 24.5 Å². The van der Waals surface area contributed by atoms with Crippen molar-refractivity contribution < 1.29 is 14.3 Å². The summed E-state index contributed by atoms with van der Waals surface area (Å²) in [4.78, 5) is 31.0. The topological polar surface area (TPSA) is 95.3 Å². The van der Waals surface area contributed by atoms with Gasteiger partial charge in [0.05, 0.1) is 18.5 Å². The lowest BCUT2D eigenvalue weighted by atomic mass is 10.0. The fourth-order valence-corrected chi connectivity index (χ4v) is 3.88. The molecule has 1 aliphatic heterocycles. The number of aryl methyl sites for hydroxylation is 1. The first-order valence-corrected chi connectivity index (χ1v) is 10.9. The zero-order chi connectivity index (χ0) is 23.5. The average Bonchev–Trinajstić information content (AvgIpc) is 3.29. The van der Waals surface area contributed by atoms with Gasteiger partial charge in [0.15, 0.2) is 0 Å². The molecule has 0 saturated heterocycles. The molecule has 2 aromatic carbocycles. The third-order valence-electron chi connectivity index (χ3n) is 5.55. The van der Waals surface area contributed by atoms with Crippen LogP contribution in [0.3, 0.4) is 0 Å². The van der Waals surface area contributed by atoms with E-state index in [1.807, 2.05) is 61.5 Å². The van der Waals surface area contributed by atoms with E-state index in [2.05, 4.69) is 15.4 Å². The Bertz CT molecular complexity index is 1390. The average molecular weight is 454 g/mol. The summed E-state index contributed by atoms with van der Waals surface area (Å²) in [6.45, 7) is 2.49. The molecule has 34 heavy (non-hydrogen) atoms. The molecule has 1 unspecified atom stereocenters. The molecule has 0 aliphatic carbocycles. The van der Waals surface area contributed by atoms with Crippen LogP contribution in [0.1, 0.15) is 34.7 Å². The van der Waals surface area contributed by atoms with Crippen LogP contribution in [0.25, 0.3) is 11.3 Å². The van der Waals surface area contributed by atoms with E-state index in [1.165, 1.54) is 4.68 Å². The number of aromatic nitrogens is 3. The van der Waals surface area contributed by atoms with Crippen molar-refractivity contribution in [1.82, 2.24) is 14.8 Å². The number of hydrogen-bond donors (Lipinski definition) is 1. The number of benzene rings is 2. The molecule has 0 bridgehead atoms. The van der Waals surface area contributed by atoms with E-state index in [0.29, 0.717) is 30.1 Å². The summed E-state index contributed by atoms with van der Waals surface area (Å²) >= 11 is 0. The van der Waals surface area contributed by atoms with Gasteiger partial charge >= 0.3 is 5.97 Å². The molecule has 3 heterocycles. The molecule has 0 radical (unpaired) electrons. The number of ether oxygens (including phenoxy) is 2. The number of carbonyl (C=O) groups is 1. The Balaban J connectivity index is 1.65. The molecule has 1 atom stereocenters. The van der Waals surface area contributed by atoms with Gasteiger partial charge in [-0.05, 0) is 24.6 Å². The third-order valence-corrected chi connectivity index (χ3v) is 5.55. The maximum Gasteiger partial charge on any atom is 0.345 e.